The number of hydrogen-bond donors (Lipinski definition) is 2. The number of rotatable bonds is 2. The van der Waals surface area contributed by atoms with Gasteiger partial charge >= 0.3 is 0 Å². The van der Waals surface area contributed by atoms with Gasteiger partial charge < -0.3 is 10.2 Å². The van der Waals surface area contributed by atoms with Gasteiger partial charge in [-0.2, -0.15) is 0 Å². The molecular weight excluding hydrogens is 264 g/mol. The standard InChI is InChI=1S/C14H16O2S2/c1-10-13(15,11-4-2-8-17-11)6-7-14(10,16)12-5-3-9-18-12/h2-5,8-10,15-16H,6-7H2,1H3/t10?,13-,14+. The molecule has 0 aromatic carbocycles. The van der Waals surface area contributed by atoms with Gasteiger partial charge in [-0.3, -0.25) is 0 Å². The van der Waals surface area contributed by atoms with E-state index in [-0.39, 0.29) is 5.92 Å². The molecule has 0 radical (unpaired) electrons. The van der Waals surface area contributed by atoms with Crippen LogP contribution in [0.2, 0.25) is 0 Å². The molecule has 1 unspecified atom stereocenters. The van der Waals surface area contributed by atoms with E-state index in [4.69, 9.17) is 0 Å². The fourth-order valence-corrected chi connectivity index (χ4v) is 4.82. The van der Waals surface area contributed by atoms with Crippen molar-refractivity contribution in [3.8, 4) is 0 Å². The minimum absolute atomic E-state index is 0.192. The lowest BCUT2D eigenvalue weighted by atomic mass is 9.82. The molecule has 0 amide bonds. The van der Waals surface area contributed by atoms with Crippen LogP contribution in [0.15, 0.2) is 35.0 Å². The molecule has 3 rings (SSSR count). The summed E-state index contributed by atoms with van der Waals surface area (Å²) in [7, 11) is 0. The Labute approximate surface area is 115 Å². The maximum atomic E-state index is 10.9. The highest BCUT2D eigenvalue weighted by molar-refractivity contribution is 7.10. The van der Waals surface area contributed by atoms with Gasteiger partial charge in [0.05, 0.1) is 0 Å². The second-order valence-electron chi connectivity index (χ2n) is 5.02. The molecule has 0 bridgehead atoms. The number of aliphatic hydroxyl groups is 2. The van der Waals surface area contributed by atoms with Crippen molar-refractivity contribution >= 4 is 22.7 Å². The summed E-state index contributed by atoms with van der Waals surface area (Å²) < 4.78 is 0. The fourth-order valence-electron chi connectivity index (χ4n) is 2.93. The van der Waals surface area contributed by atoms with Crippen LogP contribution in [0.4, 0.5) is 0 Å². The first kappa shape index (κ1) is 12.4. The Hall–Kier alpha value is -0.680. The van der Waals surface area contributed by atoms with Crippen LogP contribution in [-0.2, 0) is 11.2 Å². The Morgan fingerprint density at radius 1 is 1.00 bits per heavy atom. The molecule has 2 aromatic rings. The van der Waals surface area contributed by atoms with Crippen LogP contribution in [0.25, 0.3) is 0 Å². The van der Waals surface area contributed by atoms with E-state index in [1.54, 1.807) is 22.7 Å². The molecule has 3 atom stereocenters. The van der Waals surface area contributed by atoms with Gasteiger partial charge in [0, 0.05) is 15.7 Å². The molecular formula is C14H16O2S2. The summed E-state index contributed by atoms with van der Waals surface area (Å²) in [6, 6.07) is 7.82. The quantitative estimate of drug-likeness (QED) is 0.886. The van der Waals surface area contributed by atoms with Crippen molar-refractivity contribution in [1.82, 2.24) is 0 Å². The predicted octanol–water partition coefficient (Wildman–Crippen LogP) is 3.31. The molecule has 2 aromatic heterocycles. The summed E-state index contributed by atoms with van der Waals surface area (Å²) in [5.74, 6) is -0.192. The third-order valence-corrected chi connectivity index (χ3v) is 6.29. The van der Waals surface area contributed by atoms with Crippen LogP contribution in [0.3, 0.4) is 0 Å². The summed E-state index contributed by atoms with van der Waals surface area (Å²) in [6.45, 7) is 1.95. The Bertz CT molecular complexity index is 472. The van der Waals surface area contributed by atoms with Crippen molar-refractivity contribution in [3.63, 3.8) is 0 Å². The molecule has 0 spiro atoms. The Morgan fingerprint density at radius 2 is 1.44 bits per heavy atom. The molecule has 0 aliphatic heterocycles. The van der Waals surface area contributed by atoms with Crippen molar-refractivity contribution in [1.29, 1.82) is 0 Å². The summed E-state index contributed by atoms with van der Waals surface area (Å²) in [4.78, 5) is 1.92. The normalized spacial score (nSPS) is 36.1. The first-order valence-electron chi connectivity index (χ1n) is 6.10. The first-order chi connectivity index (χ1) is 8.57. The van der Waals surface area contributed by atoms with Crippen LogP contribution < -0.4 is 0 Å². The van der Waals surface area contributed by atoms with Crippen LogP contribution in [-0.4, -0.2) is 10.2 Å². The van der Waals surface area contributed by atoms with E-state index < -0.39 is 11.2 Å². The molecule has 2 N–H and O–H groups in total. The van der Waals surface area contributed by atoms with Gasteiger partial charge in [0.25, 0.3) is 0 Å². The van der Waals surface area contributed by atoms with Gasteiger partial charge in [-0.05, 0) is 35.7 Å². The topological polar surface area (TPSA) is 40.5 Å². The van der Waals surface area contributed by atoms with E-state index >= 15 is 0 Å². The lowest BCUT2D eigenvalue weighted by molar-refractivity contribution is -0.0699. The van der Waals surface area contributed by atoms with E-state index in [2.05, 4.69) is 0 Å². The van der Waals surface area contributed by atoms with Gasteiger partial charge in [-0.1, -0.05) is 19.1 Å². The Balaban J connectivity index is 2.00. The summed E-state index contributed by atoms with van der Waals surface area (Å²) in [5, 5.41) is 25.8. The Kier molecular flexibility index (Phi) is 2.86. The molecule has 1 fully saturated rings. The summed E-state index contributed by atoms with van der Waals surface area (Å²) in [5.41, 5.74) is -1.79. The van der Waals surface area contributed by atoms with Gasteiger partial charge in [0.2, 0.25) is 0 Å². The highest BCUT2D eigenvalue weighted by Gasteiger charge is 2.55. The molecule has 18 heavy (non-hydrogen) atoms. The molecule has 96 valence electrons. The minimum atomic E-state index is -0.896. The zero-order valence-corrected chi connectivity index (χ0v) is 11.8. The average molecular weight is 280 g/mol. The van der Waals surface area contributed by atoms with Crippen LogP contribution in [0.1, 0.15) is 29.5 Å². The highest BCUT2D eigenvalue weighted by atomic mass is 32.1. The zero-order valence-electron chi connectivity index (χ0n) is 10.2. The van der Waals surface area contributed by atoms with Crippen LogP contribution in [0, 0.1) is 5.92 Å². The van der Waals surface area contributed by atoms with Crippen molar-refractivity contribution < 1.29 is 10.2 Å². The van der Waals surface area contributed by atoms with Gasteiger partial charge in [-0.15, -0.1) is 22.7 Å². The maximum absolute atomic E-state index is 10.9. The maximum Gasteiger partial charge on any atom is 0.104 e. The van der Waals surface area contributed by atoms with Crippen LogP contribution >= 0.6 is 22.7 Å². The minimum Gasteiger partial charge on any atom is -0.384 e. The second kappa shape index (κ2) is 4.17. The fraction of sp³-hybridized carbons (Fsp3) is 0.429. The second-order valence-corrected chi connectivity index (χ2v) is 6.92. The third kappa shape index (κ3) is 1.60. The molecule has 1 aliphatic carbocycles. The van der Waals surface area contributed by atoms with E-state index in [0.717, 1.165) is 9.75 Å². The van der Waals surface area contributed by atoms with Gasteiger partial charge in [0.15, 0.2) is 0 Å². The van der Waals surface area contributed by atoms with Crippen molar-refractivity contribution in [2.75, 3.05) is 0 Å². The van der Waals surface area contributed by atoms with Crippen LogP contribution in [0.5, 0.6) is 0 Å². The lowest BCUT2D eigenvalue weighted by Crippen LogP contribution is -2.37. The van der Waals surface area contributed by atoms with E-state index in [1.165, 1.54) is 0 Å². The molecule has 4 heteroatoms. The smallest absolute Gasteiger partial charge is 0.104 e. The SMILES string of the molecule is CC1[C@](O)(c2cccs2)CC[C@]1(O)c1cccs1. The van der Waals surface area contributed by atoms with Crippen molar-refractivity contribution in [2.45, 2.75) is 31.0 Å². The van der Waals surface area contributed by atoms with E-state index in [1.807, 2.05) is 41.9 Å². The third-order valence-electron chi connectivity index (χ3n) is 4.22. The van der Waals surface area contributed by atoms with Gasteiger partial charge in [-0.25, -0.2) is 0 Å². The first-order valence-corrected chi connectivity index (χ1v) is 7.86. The predicted molar refractivity (Wildman–Crippen MR) is 74.8 cm³/mol. The summed E-state index contributed by atoms with van der Waals surface area (Å²) in [6.07, 6.45) is 1.23. The zero-order chi connectivity index (χ0) is 12.8. The highest BCUT2D eigenvalue weighted by Crippen LogP contribution is 2.55. The average Bonchev–Trinajstić information content (AvgIpc) is 3.07. The molecule has 0 saturated heterocycles. The molecule has 2 heterocycles. The lowest BCUT2D eigenvalue weighted by Gasteiger charge is -2.33. The van der Waals surface area contributed by atoms with Crippen molar-refractivity contribution in [3.05, 3.63) is 44.8 Å². The summed E-state index contributed by atoms with van der Waals surface area (Å²) >= 11 is 3.13. The van der Waals surface area contributed by atoms with E-state index in [9.17, 15) is 10.2 Å². The number of thiophene rings is 2. The molecule has 1 saturated carbocycles. The molecule has 1 aliphatic rings. The van der Waals surface area contributed by atoms with E-state index in [0.29, 0.717) is 12.8 Å². The van der Waals surface area contributed by atoms with Crippen molar-refractivity contribution in [2.24, 2.45) is 5.92 Å². The largest absolute Gasteiger partial charge is 0.384 e. The van der Waals surface area contributed by atoms with Gasteiger partial charge in [0.1, 0.15) is 11.2 Å². The monoisotopic (exact) mass is 280 g/mol. The Morgan fingerprint density at radius 3 is 1.78 bits per heavy atom. The molecule has 2 nitrogen and oxygen atoms in total. The number of hydrogen-bond acceptors (Lipinski definition) is 4.